The molecule has 3 aromatic heterocycles. The number of carbonyl (C=O) groups is 4. The zero-order chi connectivity index (χ0) is 49.0. The third-order valence-corrected chi connectivity index (χ3v) is 32.7. The van der Waals surface area contributed by atoms with E-state index in [2.05, 4.69) is 91.0 Å². The summed E-state index contributed by atoms with van der Waals surface area (Å²) in [5.41, 5.74) is -2.89. The van der Waals surface area contributed by atoms with Gasteiger partial charge in [0.25, 0.3) is 0 Å². The van der Waals surface area contributed by atoms with Crippen LogP contribution in [0.1, 0.15) is 128 Å². The standard InChI is InChI=1S/C20H16F2O4S2.C12H10Br2F2O4.C4H3S.3C4H9.Sn/c1-3-25-19(23)15-13(11-7-5-9-27-11)18(22)16(20(24)26-4-2)14(17(15)21)12-8-6-10-28-12;1-3-19-11(17)5-7(13)10(16)6(8(14)9(5)15)12(18)20-4-2;1-2-4-5-3-1;3*1-3-4-2;/h5-10H,3-4H2,1-2H3;3-4H2,1-2H3;1-3H;3*1,3-4H2,2H3;. The number of esters is 4. The average molecular weight is 1210 g/mol. The van der Waals surface area contributed by atoms with Crippen LogP contribution in [0.25, 0.3) is 20.9 Å². The van der Waals surface area contributed by atoms with Crippen molar-refractivity contribution in [1.82, 2.24) is 0 Å². The van der Waals surface area contributed by atoms with E-state index in [9.17, 15) is 28.0 Å². The second kappa shape index (κ2) is 29.0. The zero-order valence-electron chi connectivity index (χ0n) is 38.1. The molecule has 3 heterocycles. The molecule has 0 aliphatic rings. The molecule has 0 fully saturated rings. The van der Waals surface area contributed by atoms with Crippen LogP contribution in [0.5, 0.6) is 0 Å². The van der Waals surface area contributed by atoms with Gasteiger partial charge in [0.2, 0.25) is 0 Å². The summed E-state index contributed by atoms with van der Waals surface area (Å²) in [6, 6.07) is 11.1. The van der Waals surface area contributed by atoms with Gasteiger partial charge in [-0.15, -0.1) is 22.7 Å². The summed E-state index contributed by atoms with van der Waals surface area (Å²) in [7, 11) is 0. The maximum absolute atomic E-state index is 15.6. The molecule has 0 saturated carbocycles. The summed E-state index contributed by atoms with van der Waals surface area (Å²) in [6.07, 6.45) is 8.55. The second-order valence-electron chi connectivity index (χ2n) is 14.5. The smallest absolute Gasteiger partial charge is 0.342 e. The van der Waals surface area contributed by atoms with Gasteiger partial charge in [0, 0.05) is 20.9 Å². The summed E-state index contributed by atoms with van der Waals surface area (Å²) in [5.74, 6) is -8.26. The molecule has 0 bridgehead atoms. The van der Waals surface area contributed by atoms with Gasteiger partial charge in [0.15, 0.2) is 11.6 Å². The Hall–Kier alpha value is -3.10. The molecule has 66 heavy (non-hydrogen) atoms. The van der Waals surface area contributed by atoms with Gasteiger partial charge >= 0.3 is 147 Å². The van der Waals surface area contributed by atoms with Gasteiger partial charge < -0.3 is 18.9 Å². The fourth-order valence-electron chi connectivity index (χ4n) is 7.05. The first-order valence-corrected chi connectivity index (χ1v) is 33.6. The Morgan fingerprint density at radius 2 is 0.803 bits per heavy atom. The number of hydrogen-bond acceptors (Lipinski definition) is 11. The molecule has 0 radical (unpaired) electrons. The van der Waals surface area contributed by atoms with Crippen molar-refractivity contribution < 1.29 is 55.7 Å². The Morgan fingerprint density at radius 1 is 0.485 bits per heavy atom. The van der Waals surface area contributed by atoms with Gasteiger partial charge in [0.1, 0.15) is 33.9 Å². The number of carbonyl (C=O) groups excluding carboxylic acids is 4. The third kappa shape index (κ3) is 14.5. The van der Waals surface area contributed by atoms with E-state index in [0.717, 1.165) is 22.7 Å². The van der Waals surface area contributed by atoms with E-state index in [0.29, 0.717) is 9.75 Å². The van der Waals surface area contributed by atoms with E-state index in [1.807, 2.05) is 2.89 Å². The number of hydrogen-bond donors (Lipinski definition) is 0. The Bertz CT molecular complexity index is 2160. The van der Waals surface area contributed by atoms with Crippen molar-refractivity contribution in [3.63, 3.8) is 0 Å². The van der Waals surface area contributed by atoms with Crippen molar-refractivity contribution in [3.8, 4) is 20.9 Å². The van der Waals surface area contributed by atoms with E-state index >= 15 is 8.78 Å². The molecule has 0 amide bonds. The fourth-order valence-corrected chi connectivity index (χ4v) is 29.5. The molecule has 0 aliphatic carbocycles. The molecule has 0 aliphatic heterocycles. The molecule has 0 atom stereocenters. The first-order chi connectivity index (χ1) is 31.7. The molecule has 5 rings (SSSR count). The SMILES string of the molecule is CCC[CH2][Sn]([CH2]CCC)([CH2]CCC)[c]1cccs1.CCOC(=O)c1c(F)c(-c2cccs2)c(C(=O)OCC)c(F)c1-c1cccs1.CCOC(=O)c1c(F)c(Br)c(C(=O)OCC)c(F)c1Br. The quantitative estimate of drug-likeness (QED) is 0.0249. The van der Waals surface area contributed by atoms with E-state index in [1.54, 1.807) is 62.2 Å². The minimum absolute atomic E-state index is 0.00225. The minimum atomic E-state index is -2.01. The van der Waals surface area contributed by atoms with Crippen LogP contribution in [-0.2, 0) is 18.9 Å². The van der Waals surface area contributed by atoms with Gasteiger partial charge in [-0.2, -0.15) is 0 Å². The van der Waals surface area contributed by atoms with Crippen LogP contribution in [0.3, 0.4) is 0 Å². The fraction of sp³-hybridized carbons (Fsp3) is 0.417. The van der Waals surface area contributed by atoms with Gasteiger partial charge in [-0.05, 0) is 82.4 Å². The Kier molecular flexibility index (Phi) is 25.2. The van der Waals surface area contributed by atoms with Crippen LogP contribution in [0.4, 0.5) is 17.6 Å². The molecule has 2 aromatic carbocycles. The first kappa shape index (κ1) is 57.2. The number of halogens is 6. The molecule has 18 heteroatoms. The molecule has 8 nitrogen and oxygen atoms in total. The van der Waals surface area contributed by atoms with E-state index < -0.39 is 96.7 Å². The van der Waals surface area contributed by atoms with Crippen molar-refractivity contribution in [3.05, 3.63) is 107 Å². The van der Waals surface area contributed by atoms with Crippen molar-refractivity contribution >= 4 is 111 Å². The summed E-state index contributed by atoms with van der Waals surface area (Å²) >= 11 is 7.83. The predicted octanol–water partition coefficient (Wildman–Crippen LogP) is 15.4. The molecule has 0 spiro atoms. The number of rotatable bonds is 20. The van der Waals surface area contributed by atoms with Gasteiger partial charge in [-0.25, -0.2) is 36.7 Å². The predicted molar refractivity (Wildman–Crippen MR) is 267 cm³/mol. The summed E-state index contributed by atoms with van der Waals surface area (Å²) < 4.78 is 84.4. The largest absolute Gasteiger partial charge is 0.462 e. The van der Waals surface area contributed by atoms with Crippen LogP contribution in [0.15, 0.2) is 61.5 Å². The summed E-state index contributed by atoms with van der Waals surface area (Å²) in [5, 5.41) is 5.64. The van der Waals surface area contributed by atoms with Gasteiger partial charge in [-0.1, -0.05) is 12.1 Å². The maximum Gasteiger partial charge on any atom is 0.342 e. The van der Waals surface area contributed by atoms with Gasteiger partial charge in [0.05, 0.1) is 35.4 Å². The van der Waals surface area contributed by atoms with E-state index in [-0.39, 0.29) is 37.6 Å². The van der Waals surface area contributed by atoms with E-state index in [4.69, 9.17) is 9.47 Å². The minimum Gasteiger partial charge on any atom is -0.462 e. The van der Waals surface area contributed by atoms with Crippen molar-refractivity contribution in [2.45, 2.75) is 100 Å². The van der Waals surface area contributed by atoms with Crippen LogP contribution in [0.2, 0.25) is 13.3 Å². The average Bonchev–Trinajstić information content (AvgIpc) is 4.13. The Balaban J connectivity index is 0.000000272. The monoisotopic (exact) mass is 1210 g/mol. The van der Waals surface area contributed by atoms with Crippen LogP contribution >= 0.6 is 65.9 Å². The number of unbranched alkanes of at least 4 members (excludes halogenated alkanes) is 3. The van der Waals surface area contributed by atoms with Crippen LogP contribution < -0.4 is 2.89 Å². The van der Waals surface area contributed by atoms with Crippen LogP contribution in [0, 0.1) is 23.3 Å². The topological polar surface area (TPSA) is 105 Å². The van der Waals surface area contributed by atoms with Crippen molar-refractivity contribution in [2.24, 2.45) is 0 Å². The first-order valence-electron chi connectivity index (χ1n) is 21.9. The summed E-state index contributed by atoms with van der Waals surface area (Å²) in [4.78, 5) is 48.9. The summed E-state index contributed by atoms with van der Waals surface area (Å²) in [6.45, 7) is 13.3. The normalized spacial score (nSPS) is 10.9. The van der Waals surface area contributed by atoms with Crippen molar-refractivity contribution in [1.29, 1.82) is 0 Å². The zero-order valence-corrected chi connectivity index (χ0v) is 46.6. The van der Waals surface area contributed by atoms with E-state index in [1.165, 1.54) is 52.4 Å². The number of benzene rings is 2. The molecule has 5 aromatic rings. The van der Waals surface area contributed by atoms with Crippen molar-refractivity contribution in [2.75, 3.05) is 26.4 Å². The molecular formula is C48H56Br2F4O8S3Sn. The van der Waals surface area contributed by atoms with Gasteiger partial charge in [-0.3, -0.25) is 0 Å². The molecule has 0 N–H and O–H groups in total. The maximum atomic E-state index is 15.6. The van der Waals surface area contributed by atoms with Crippen LogP contribution in [-0.4, -0.2) is 68.7 Å². The second-order valence-corrected chi connectivity index (χ2v) is 33.1. The molecule has 0 saturated heterocycles. The third-order valence-electron chi connectivity index (χ3n) is 10.2. The number of ether oxygens (including phenoxy) is 4. The molecule has 360 valence electrons. The Labute approximate surface area is 417 Å². The Morgan fingerprint density at radius 3 is 1.08 bits per heavy atom. The molecular weight excluding hydrogens is 1160 g/mol. The molecule has 0 unspecified atom stereocenters. The number of thiophene rings is 3.